The molecule has 1 fully saturated rings. The Labute approximate surface area is 189 Å². The number of ether oxygens (including phenoxy) is 1. The Morgan fingerprint density at radius 3 is 2.66 bits per heavy atom. The van der Waals surface area contributed by atoms with Gasteiger partial charge in [-0.1, -0.05) is 30.6 Å². The Morgan fingerprint density at radius 2 is 1.88 bits per heavy atom. The third-order valence-electron chi connectivity index (χ3n) is 6.01. The molecule has 164 valence electrons. The van der Waals surface area contributed by atoms with Gasteiger partial charge in [0.1, 0.15) is 5.75 Å². The van der Waals surface area contributed by atoms with Crippen LogP contribution in [0.25, 0.3) is 10.2 Å². The van der Waals surface area contributed by atoms with E-state index in [-0.39, 0.29) is 23.8 Å². The van der Waals surface area contributed by atoms with Gasteiger partial charge in [0, 0.05) is 11.6 Å². The van der Waals surface area contributed by atoms with Crippen LogP contribution in [-0.4, -0.2) is 40.3 Å². The molecule has 1 aliphatic heterocycles. The highest BCUT2D eigenvalue weighted by molar-refractivity contribution is 7.22. The number of nitrogens with zero attached hydrogens (tertiary/aromatic N) is 2. The third-order valence-corrected chi connectivity index (χ3v) is 6.94. The van der Waals surface area contributed by atoms with Crippen molar-refractivity contribution in [3.8, 4) is 5.75 Å². The van der Waals surface area contributed by atoms with Crippen LogP contribution >= 0.6 is 11.3 Å². The Bertz CT molecular complexity index is 1230. The molecule has 0 atom stereocenters. The number of imide groups is 1. The maximum absolute atomic E-state index is 13.0. The number of anilines is 1. The van der Waals surface area contributed by atoms with Gasteiger partial charge in [-0.2, -0.15) is 0 Å². The van der Waals surface area contributed by atoms with Gasteiger partial charge in [0.15, 0.2) is 5.13 Å². The van der Waals surface area contributed by atoms with E-state index in [9.17, 15) is 14.4 Å². The van der Waals surface area contributed by atoms with E-state index < -0.39 is 0 Å². The lowest BCUT2D eigenvalue weighted by molar-refractivity contribution is 0.0549. The molecule has 2 aliphatic rings. The monoisotopic (exact) mass is 449 g/mol. The van der Waals surface area contributed by atoms with Crippen LogP contribution in [0.4, 0.5) is 5.13 Å². The second-order valence-corrected chi connectivity index (χ2v) is 9.10. The van der Waals surface area contributed by atoms with E-state index in [1.807, 2.05) is 25.1 Å². The van der Waals surface area contributed by atoms with Gasteiger partial charge in [-0.15, -0.1) is 0 Å². The van der Waals surface area contributed by atoms with Gasteiger partial charge in [-0.25, -0.2) is 4.98 Å². The normalized spacial score (nSPS) is 16.5. The summed E-state index contributed by atoms with van der Waals surface area (Å²) in [4.78, 5) is 44.5. The minimum Gasteiger partial charge on any atom is -0.494 e. The summed E-state index contributed by atoms with van der Waals surface area (Å²) < 4.78 is 6.42. The average Bonchev–Trinajstić information content (AvgIpc) is 3.31. The molecule has 2 aromatic carbocycles. The Balaban J connectivity index is 1.36. The molecule has 32 heavy (non-hydrogen) atoms. The topological polar surface area (TPSA) is 88.6 Å². The number of hydrogen-bond acceptors (Lipinski definition) is 6. The van der Waals surface area contributed by atoms with Crippen LogP contribution in [-0.2, 0) is 0 Å². The van der Waals surface area contributed by atoms with Crippen LogP contribution in [0.15, 0.2) is 36.4 Å². The van der Waals surface area contributed by atoms with E-state index >= 15 is 0 Å². The van der Waals surface area contributed by atoms with E-state index in [0.717, 1.165) is 48.1 Å². The summed E-state index contributed by atoms with van der Waals surface area (Å²) in [5.74, 6) is -0.158. The van der Waals surface area contributed by atoms with Crippen molar-refractivity contribution in [2.45, 2.75) is 45.1 Å². The molecule has 7 nitrogen and oxygen atoms in total. The summed E-state index contributed by atoms with van der Waals surface area (Å²) in [6.45, 7) is 2.50. The smallest absolute Gasteiger partial charge is 0.261 e. The summed E-state index contributed by atoms with van der Waals surface area (Å²) in [6, 6.07) is 10.2. The number of thiazole rings is 1. The molecule has 2 heterocycles. The summed E-state index contributed by atoms with van der Waals surface area (Å²) in [5.41, 5.74) is 1.77. The fourth-order valence-electron chi connectivity index (χ4n) is 4.46. The van der Waals surface area contributed by atoms with Crippen molar-refractivity contribution in [1.82, 2.24) is 9.88 Å². The third kappa shape index (κ3) is 3.64. The van der Waals surface area contributed by atoms with Crippen molar-refractivity contribution in [2.24, 2.45) is 0 Å². The number of rotatable bonds is 5. The Morgan fingerprint density at radius 1 is 1.09 bits per heavy atom. The highest BCUT2D eigenvalue weighted by Gasteiger charge is 2.40. The lowest BCUT2D eigenvalue weighted by atomic mass is 9.94. The predicted octanol–water partition coefficient (Wildman–Crippen LogP) is 4.88. The van der Waals surface area contributed by atoms with Crippen molar-refractivity contribution in [1.29, 1.82) is 0 Å². The molecular formula is C24H23N3O4S. The Kier molecular flexibility index (Phi) is 5.38. The van der Waals surface area contributed by atoms with Crippen molar-refractivity contribution in [2.75, 3.05) is 11.9 Å². The SMILES string of the molecule is CCOc1ccc2nc(NC(=O)c3ccc4c(c3)C(=O)N(C3CCCCC3)C4=O)sc2c1. The van der Waals surface area contributed by atoms with Gasteiger partial charge < -0.3 is 4.74 Å². The van der Waals surface area contributed by atoms with E-state index in [1.54, 1.807) is 12.1 Å². The van der Waals surface area contributed by atoms with E-state index in [1.165, 1.54) is 22.3 Å². The predicted molar refractivity (Wildman–Crippen MR) is 123 cm³/mol. The molecule has 5 rings (SSSR count). The van der Waals surface area contributed by atoms with Crippen molar-refractivity contribution in [3.63, 3.8) is 0 Å². The molecule has 0 radical (unpaired) electrons. The number of nitrogens with one attached hydrogen (secondary N) is 1. The van der Waals surface area contributed by atoms with Crippen LogP contribution in [0.3, 0.4) is 0 Å². The molecular weight excluding hydrogens is 426 g/mol. The molecule has 1 aromatic heterocycles. The summed E-state index contributed by atoms with van der Waals surface area (Å²) in [5, 5.41) is 3.27. The van der Waals surface area contributed by atoms with Gasteiger partial charge >= 0.3 is 0 Å². The fraction of sp³-hybridized carbons (Fsp3) is 0.333. The van der Waals surface area contributed by atoms with Gasteiger partial charge in [-0.05, 0) is 56.2 Å². The molecule has 0 spiro atoms. The molecule has 8 heteroatoms. The molecule has 0 saturated heterocycles. The number of amides is 3. The molecule has 1 saturated carbocycles. The Hall–Kier alpha value is -3.26. The molecule has 3 aromatic rings. The van der Waals surface area contributed by atoms with Gasteiger partial charge in [0.25, 0.3) is 17.7 Å². The lowest BCUT2D eigenvalue weighted by Crippen LogP contribution is -2.40. The maximum Gasteiger partial charge on any atom is 0.261 e. The molecule has 0 unspecified atom stereocenters. The molecule has 0 bridgehead atoms. The van der Waals surface area contributed by atoms with Crippen molar-refractivity contribution >= 4 is 44.4 Å². The van der Waals surface area contributed by atoms with Crippen LogP contribution in [0, 0.1) is 0 Å². The first-order valence-corrected chi connectivity index (χ1v) is 11.7. The van der Waals surface area contributed by atoms with Gasteiger partial charge in [0.2, 0.25) is 0 Å². The zero-order valence-corrected chi connectivity index (χ0v) is 18.5. The first-order chi connectivity index (χ1) is 15.5. The van der Waals surface area contributed by atoms with E-state index in [0.29, 0.717) is 28.4 Å². The lowest BCUT2D eigenvalue weighted by Gasteiger charge is -2.29. The zero-order chi connectivity index (χ0) is 22.2. The fourth-order valence-corrected chi connectivity index (χ4v) is 5.35. The highest BCUT2D eigenvalue weighted by atomic mass is 32.1. The number of aromatic nitrogens is 1. The molecule has 1 aliphatic carbocycles. The van der Waals surface area contributed by atoms with Crippen LogP contribution in [0.5, 0.6) is 5.75 Å². The minimum atomic E-state index is -0.367. The largest absolute Gasteiger partial charge is 0.494 e. The second-order valence-electron chi connectivity index (χ2n) is 8.07. The summed E-state index contributed by atoms with van der Waals surface area (Å²) >= 11 is 1.35. The number of carbonyl (C=O) groups is 3. The maximum atomic E-state index is 13.0. The van der Waals surface area contributed by atoms with E-state index in [4.69, 9.17) is 4.74 Å². The minimum absolute atomic E-state index is 0.0437. The number of carbonyl (C=O) groups excluding carboxylic acids is 3. The highest BCUT2D eigenvalue weighted by Crippen LogP contribution is 2.32. The number of fused-ring (bicyclic) bond motifs is 2. The summed E-state index contributed by atoms with van der Waals surface area (Å²) in [6.07, 6.45) is 4.89. The number of hydrogen-bond donors (Lipinski definition) is 1. The van der Waals surface area contributed by atoms with E-state index in [2.05, 4.69) is 10.3 Å². The second kappa shape index (κ2) is 8.35. The first-order valence-electron chi connectivity index (χ1n) is 10.9. The molecule has 1 N–H and O–H groups in total. The quantitative estimate of drug-likeness (QED) is 0.561. The number of benzene rings is 2. The van der Waals surface area contributed by atoms with Crippen molar-refractivity contribution in [3.05, 3.63) is 53.1 Å². The van der Waals surface area contributed by atoms with Gasteiger partial charge in [-0.3, -0.25) is 24.6 Å². The van der Waals surface area contributed by atoms with Crippen LogP contribution in [0.2, 0.25) is 0 Å². The van der Waals surface area contributed by atoms with Crippen LogP contribution in [0.1, 0.15) is 70.1 Å². The summed E-state index contributed by atoms with van der Waals surface area (Å²) in [7, 11) is 0. The van der Waals surface area contributed by atoms with Crippen LogP contribution < -0.4 is 10.1 Å². The standard InChI is InChI=1S/C24H23N3O4S/c1-2-31-16-9-11-19-20(13-16)32-24(25-19)26-21(28)14-8-10-17-18(12-14)23(30)27(22(17)29)15-6-4-3-5-7-15/h8-13,15H,2-7H2,1H3,(H,25,26,28). The van der Waals surface area contributed by atoms with Gasteiger partial charge in [0.05, 0.1) is 28.0 Å². The van der Waals surface area contributed by atoms with Crippen molar-refractivity contribution < 1.29 is 19.1 Å². The molecule has 3 amide bonds. The average molecular weight is 450 g/mol. The first kappa shape index (κ1) is 20.6. The zero-order valence-electron chi connectivity index (χ0n) is 17.7.